The zero-order chi connectivity index (χ0) is 13.7. The molecule has 0 saturated carbocycles. The lowest BCUT2D eigenvalue weighted by Gasteiger charge is -2.09. The monoisotopic (exact) mass is 269 g/mol. The second kappa shape index (κ2) is 6.58. The summed E-state index contributed by atoms with van der Waals surface area (Å²) in [5.41, 5.74) is 3.47. The third kappa shape index (κ3) is 4.25. The smallest absolute Gasteiger partial charge is 0.104 e. The number of benzene rings is 2. The number of hydrogen-bond donors (Lipinski definition) is 0. The molecule has 0 fully saturated rings. The molecule has 0 atom stereocenters. The van der Waals surface area contributed by atoms with Gasteiger partial charge in [0.05, 0.1) is 5.69 Å². The maximum absolute atomic E-state index is 4.78. The van der Waals surface area contributed by atoms with E-state index in [2.05, 4.69) is 45.0 Å². The molecule has 98 valence electrons. The van der Waals surface area contributed by atoms with Crippen molar-refractivity contribution >= 4 is 22.5 Å². The van der Waals surface area contributed by atoms with Crippen molar-refractivity contribution in [2.45, 2.75) is 26.0 Å². The Morgan fingerprint density at radius 2 is 1.58 bits per heavy atom. The van der Waals surface area contributed by atoms with Crippen molar-refractivity contribution in [1.82, 2.24) is 0 Å². The molecule has 0 aliphatic heterocycles. The molecule has 0 amide bonds. The Bertz CT molecular complexity index is 541. The third-order valence-electron chi connectivity index (χ3n) is 2.63. The number of nitrogens with zero attached hydrogens (tertiary/aromatic N) is 1. The summed E-state index contributed by atoms with van der Waals surface area (Å²) in [6, 6.07) is 18.7. The first-order valence-electron chi connectivity index (χ1n) is 6.52. The summed E-state index contributed by atoms with van der Waals surface area (Å²) in [5.74, 6) is 0. The number of para-hydroxylation sites is 1. The van der Waals surface area contributed by atoms with Gasteiger partial charge in [0, 0.05) is 10.8 Å². The van der Waals surface area contributed by atoms with Crippen molar-refractivity contribution in [2.24, 2.45) is 4.99 Å². The van der Waals surface area contributed by atoms with Gasteiger partial charge in [-0.05, 0) is 19.1 Å². The maximum atomic E-state index is 4.78. The zero-order valence-electron chi connectivity index (χ0n) is 11.6. The summed E-state index contributed by atoms with van der Waals surface area (Å²) < 4.78 is 0. The molecule has 0 heterocycles. The average molecular weight is 269 g/mol. The fourth-order valence-electron chi connectivity index (χ4n) is 1.70. The van der Waals surface area contributed by atoms with Crippen LogP contribution in [0.15, 0.2) is 59.6 Å². The van der Waals surface area contributed by atoms with Crippen LogP contribution in [0.2, 0.25) is 0 Å². The first kappa shape index (κ1) is 13.9. The largest absolute Gasteiger partial charge is 0.241 e. The molecule has 2 aromatic rings. The summed E-state index contributed by atoms with van der Waals surface area (Å²) in [6.45, 7) is 6.49. The molecular weight excluding hydrogens is 250 g/mol. The minimum Gasteiger partial charge on any atom is -0.241 e. The highest BCUT2D eigenvalue weighted by Gasteiger charge is 2.07. The fraction of sp³-hybridized carbons (Fsp3) is 0.235. The Kier molecular flexibility index (Phi) is 4.80. The van der Waals surface area contributed by atoms with E-state index >= 15 is 0 Å². The minimum absolute atomic E-state index is 0.517. The van der Waals surface area contributed by atoms with E-state index in [1.54, 1.807) is 11.8 Å². The average Bonchev–Trinajstić information content (AvgIpc) is 2.39. The van der Waals surface area contributed by atoms with E-state index in [1.807, 2.05) is 30.3 Å². The van der Waals surface area contributed by atoms with Crippen LogP contribution in [0.4, 0.5) is 5.69 Å². The Morgan fingerprint density at radius 1 is 0.947 bits per heavy atom. The molecule has 0 unspecified atom stereocenters. The van der Waals surface area contributed by atoms with Crippen LogP contribution in [0.1, 0.15) is 25.0 Å². The van der Waals surface area contributed by atoms with Crippen molar-refractivity contribution in [1.29, 1.82) is 0 Å². The van der Waals surface area contributed by atoms with Gasteiger partial charge in [-0.2, -0.15) is 0 Å². The molecule has 1 nitrogen and oxygen atoms in total. The van der Waals surface area contributed by atoms with Crippen molar-refractivity contribution in [3.63, 3.8) is 0 Å². The van der Waals surface area contributed by atoms with Gasteiger partial charge in [-0.25, -0.2) is 4.99 Å². The quantitative estimate of drug-likeness (QED) is 0.550. The van der Waals surface area contributed by atoms with Gasteiger partial charge in [0.1, 0.15) is 5.04 Å². The number of aliphatic imine (C=N–C) groups is 1. The van der Waals surface area contributed by atoms with Gasteiger partial charge in [-0.3, -0.25) is 0 Å². The molecule has 0 spiro atoms. The molecule has 0 radical (unpaired) electrons. The fourth-order valence-corrected chi connectivity index (χ4v) is 2.57. The normalized spacial score (nSPS) is 11.9. The van der Waals surface area contributed by atoms with Crippen LogP contribution in [0.5, 0.6) is 0 Å². The van der Waals surface area contributed by atoms with Crippen LogP contribution in [0.3, 0.4) is 0 Å². The van der Waals surface area contributed by atoms with E-state index in [4.69, 9.17) is 4.99 Å². The molecule has 19 heavy (non-hydrogen) atoms. The molecule has 0 aliphatic rings. The second-order valence-corrected chi connectivity index (χ2v) is 6.35. The van der Waals surface area contributed by atoms with Crippen LogP contribution in [0.25, 0.3) is 0 Å². The SMILES string of the molecule is Cc1ccc(C(=Nc2ccccc2)SC(C)C)cc1. The molecule has 0 saturated heterocycles. The molecular formula is C17H19NS. The van der Waals surface area contributed by atoms with E-state index < -0.39 is 0 Å². The summed E-state index contributed by atoms with van der Waals surface area (Å²) in [6.07, 6.45) is 0. The summed E-state index contributed by atoms with van der Waals surface area (Å²) in [5, 5.41) is 1.60. The van der Waals surface area contributed by atoms with Crippen LogP contribution in [-0.4, -0.2) is 10.3 Å². The number of rotatable bonds is 3. The van der Waals surface area contributed by atoms with Gasteiger partial charge >= 0.3 is 0 Å². The summed E-state index contributed by atoms with van der Waals surface area (Å²) >= 11 is 1.80. The van der Waals surface area contributed by atoms with Crippen LogP contribution in [0, 0.1) is 6.92 Å². The lowest BCUT2D eigenvalue weighted by atomic mass is 10.2. The third-order valence-corrected chi connectivity index (χ3v) is 3.65. The Balaban J connectivity index is 2.36. The predicted molar refractivity (Wildman–Crippen MR) is 86.5 cm³/mol. The summed E-state index contributed by atoms with van der Waals surface area (Å²) in [7, 11) is 0. The zero-order valence-corrected chi connectivity index (χ0v) is 12.4. The standard InChI is InChI=1S/C17H19NS/c1-13(2)19-17(15-11-9-14(3)10-12-15)18-16-7-5-4-6-8-16/h4-13H,1-3H3. The lowest BCUT2D eigenvalue weighted by Crippen LogP contribution is -2.00. The number of hydrogen-bond acceptors (Lipinski definition) is 2. The van der Waals surface area contributed by atoms with Gasteiger partial charge < -0.3 is 0 Å². The number of thioether (sulfide) groups is 1. The maximum Gasteiger partial charge on any atom is 0.104 e. The van der Waals surface area contributed by atoms with Gasteiger partial charge in [0.2, 0.25) is 0 Å². The van der Waals surface area contributed by atoms with Gasteiger partial charge in [0.15, 0.2) is 0 Å². The molecule has 2 heteroatoms. The van der Waals surface area contributed by atoms with E-state index in [9.17, 15) is 0 Å². The van der Waals surface area contributed by atoms with Gasteiger partial charge in [0.25, 0.3) is 0 Å². The Hall–Kier alpha value is -1.54. The lowest BCUT2D eigenvalue weighted by molar-refractivity contribution is 1.12. The summed E-state index contributed by atoms with van der Waals surface area (Å²) in [4.78, 5) is 4.78. The molecule has 0 aliphatic carbocycles. The highest BCUT2D eigenvalue weighted by Crippen LogP contribution is 2.23. The van der Waals surface area contributed by atoms with E-state index in [1.165, 1.54) is 11.1 Å². The van der Waals surface area contributed by atoms with Crippen LogP contribution >= 0.6 is 11.8 Å². The topological polar surface area (TPSA) is 12.4 Å². The first-order chi connectivity index (χ1) is 9.15. The highest BCUT2D eigenvalue weighted by atomic mass is 32.2. The first-order valence-corrected chi connectivity index (χ1v) is 7.40. The Labute approximate surface area is 119 Å². The predicted octanol–water partition coefficient (Wildman–Crippen LogP) is 5.21. The van der Waals surface area contributed by atoms with Crippen molar-refractivity contribution in [2.75, 3.05) is 0 Å². The van der Waals surface area contributed by atoms with Crippen LogP contribution in [-0.2, 0) is 0 Å². The molecule has 2 rings (SSSR count). The minimum atomic E-state index is 0.517. The van der Waals surface area contributed by atoms with Crippen LogP contribution < -0.4 is 0 Å². The van der Waals surface area contributed by atoms with Crippen molar-refractivity contribution in [3.05, 3.63) is 65.7 Å². The van der Waals surface area contributed by atoms with E-state index in [-0.39, 0.29) is 0 Å². The van der Waals surface area contributed by atoms with E-state index in [0.717, 1.165) is 10.7 Å². The molecule has 0 N–H and O–H groups in total. The second-order valence-electron chi connectivity index (χ2n) is 4.79. The van der Waals surface area contributed by atoms with E-state index in [0.29, 0.717) is 5.25 Å². The van der Waals surface area contributed by atoms with Gasteiger partial charge in [-0.1, -0.05) is 61.9 Å². The Morgan fingerprint density at radius 3 is 2.16 bits per heavy atom. The number of aryl methyl sites for hydroxylation is 1. The van der Waals surface area contributed by atoms with Crippen molar-refractivity contribution in [3.8, 4) is 0 Å². The molecule has 0 bridgehead atoms. The van der Waals surface area contributed by atoms with Crippen molar-refractivity contribution < 1.29 is 0 Å². The highest BCUT2D eigenvalue weighted by molar-refractivity contribution is 8.14. The van der Waals surface area contributed by atoms with Gasteiger partial charge in [-0.15, -0.1) is 11.8 Å². The molecule has 2 aromatic carbocycles. The molecule has 0 aromatic heterocycles.